The molecule has 0 saturated carbocycles. The van der Waals surface area contributed by atoms with Crippen LogP contribution in [0.5, 0.6) is 0 Å². The van der Waals surface area contributed by atoms with E-state index in [0.717, 1.165) is 22.7 Å². The van der Waals surface area contributed by atoms with Crippen molar-refractivity contribution in [2.75, 3.05) is 5.32 Å². The molecular formula is C17H19N5O. The molecule has 3 rings (SSSR count). The number of anilines is 1. The summed E-state index contributed by atoms with van der Waals surface area (Å²) in [5.41, 5.74) is 2.86. The van der Waals surface area contributed by atoms with E-state index < -0.39 is 5.41 Å². The minimum Gasteiger partial charge on any atom is -0.298 e. The molecule has 23 heavy (non-hydrogen) atoms. The molecule has 0 aliphatic heterocycles. The van der Waals surface area contributed by atoms with Crippen LogP contribution in [-0.4, -0.2) is 25.3 Å². The number of aromatic nitrogens is 4. The van der Waals surface area contributed by atoms with Gasteiger partial charge in [-0.05, 0) is 25.1 Å². The highest BCUT2D eigenvalue weighted by Gasteiger charge is 2.22. The van der Waals surface area contributed by atoms with Crippen LogP contribution < -0.4 is 5.32 Å². The van der Waals surface area contributed by atoms with Gasteiger partial charge in [0.25, 0.3) is 0 Å². The number of hydrogen-bond acceptors (Lipinski definition) is 4. The number of pyridine rings is 1. The molecule has 0 aromatic carbocycles. The van der Waals surface area contributed by atoms with E-state index in [1.165, 1.54) is 0 Å². The number of fused-ring (bicyclic) bond motifs is 1. The molecule has 0 fully saturated rings. The SMILES string of the molecule is Cc1nc2ccccn2c1-c1ccnc(NC(=O)C(C)(C)C)n1. The first-order chi connectivity index (χ1) is 10.9. The van der Waals surface area contributed by atoms with Crippen molar-refractivity contribution in [3.63, 3.8) is 0 Å². The van der Waals surface area contributed by atoms with E-state index in [9.17, 15) is 4.79 Å². The quantitative estimate of drug-likeness (QED) is 0.789. The first kappa shape index (κ1) is 15.1. The van der Waals surface area contributed by atoms with Gasteiger partial charge < -0.3 is 0 Å². The average molecular weight is 309 g/mol. The topological polar surface area (TPSA) is 72.2 Å². The lowest BCUT2D eigenvalue weighted by molar-refractivity contribution is -0.123. The van der Waals surface area contributed by atoms with Crippen LogP contribution in [0.3, 0.4) is 0 Å². The minimum atomic E-state index is -0.501. The summed E-state index contributed by atoms with van der Waals surface area (Å²) in [6, 6.07) is 7.65. The number of rotatable bonds is 2. The Labute approximate surface area is 134 Å². The lowest BCUT2D eigenvalue weighted by Gasteiger charge is -2.16. The highest BCUT2D eigenvalue weighted by Crippen LogP contribution is 2.24. The molecular weight excluding hydrogens is 290 g/mol. The molecule has 0 spiro atoms. The third-order valence-corrected chi connectivity index (χ3v) is 3.51. The minimum absolute atomic E-state index is 0.121. The highest BCUT2D eigenvalue weighted by atomic mass is 16.2. The molecule has 3 aromatic rings. The second-order valence-electron chi connectivity index (χ2n) is 6.44. The van der Waals surface area contributed by atoms with Gasteiger partial charge in [-0.1, -0.05) is 26.8 Å². The maximum absolute atomic E-state index is 12.1. The number of nitrogens with zero attached hydrogens (tertiary/aromatic N) is 4. The summed E-state index contributed by atoms with van der Waals surface area (Å²) in [5.74, 6) is 0.178. The predicted octanol–water partition coefficient (Wildman–Crippen LogP) is 3.08. The third kappa shape index (κ3) is 2.92. The summed E-state index contributed by atoms with van der Waals surface area (Å²) in [6.45, 7) is 7.49. The van der Waals surface area contributed by atoms with Gasteiger partial charge in [0.1, 0.15) is 5.65 Å². The first-order valence-electron chi connectivity index (χ1n) is 7.45. The van der Waals surface area contributed by atoms with Crippen molar-refractivity contribution in [3.8, 4) is 11.4 Å². The van der Waals surface area contributed by atoms with Crippen LogP contribution in [0.15, 0.2) is 36.7 Å². The summed E-state index contributed by atoms with van der Waals surface area (Å²) < 4.78 is 1.98. The van der Waals surface area contributed by atoms with E-state index in [4.69, 9.17) is 0 Å². The second kappa shape index (κ2) is 5.46. The lowest BCUT2D eigenvalue weighted by atomic mass is 9.96. The number of aryl methyl sites for hydroxylation is 1. The van der Waals surface area contributed by atoms with Gasteiger partial charge in [-0.2, -0.15) is 0 Å². The molecule has 0 atom stereocenters. The van der Waals surface area contributed by atoms with Crippen molar-refractivity contribution in [2.24, 2.45) is 5.41 Å². The van der Waals surface area contributed by atoms with Gasteiger partial charge in [-0.3, -0.25) is 14.5 Å². The van der Waals surface area contributed by atoms with Crippen LogP contribution in [0, 0.1) is 12.3 Å². The van der Waals surface area contributed by atoms with E-state index >= 15 is 0 Å². The van der Waals surface area contributed by atoms with Gasteiger partial charge in [0.15, 0.2) is 0 Å². The smallest absolute Gasteiger partial charge is 0.232 e. The fraction of sp³-hybridized carbons (Fsp3) is 0.294. The zero-order valence-electron chi connectivity index (χ0n) is 13.7. The Morgan fingerprint density at radius 2 is 1.96 bits per heavy atom. The molecule has 118 valence electrons. The molecule has 1 N–H and O–H groups in total. The summed E-state index contributed by atoms with van der Waals surface area (Å²) in [7, 11) is 0. The molecule has 0 unspecified atom stereocenters. The number of imidazole rings is 1. The number of hydrogen-bond donors (Lipinski definition) is 1. The van der Waals surface area contributed by atoms with Gasteiger partial charge in [0.05, 0.1) is 17.1 Å². The van der Waals surface area contributed by atoms with Crippen LogP contribution in [0.4, 0.5) is 5.95 Å². The molecule has 3 aromatic heterocycles. The van der Waals surface area contributed by atoms with E-state index in [1.807, 2.05) is 62.6 Å². The number of carbonyl (C=O) groups is 1. The van der Waals surface area contributed by atoms with Gasteiger partial charge in [-0.15, -0.1) is 0 Å². The predicted molar refractivity (Wildman–Crippen MR) is 89.0 cm³/mol. The standard InChI is InChI=1S/C17H19N5O/c1-11-14(22-10-6-5-7-13(22)19-11)12-8-9-18-16(20-12)21-15(23)17(2,3)4/h5-10H,1-4H3,(H,18,20,21,23). The fourth-order valence-electron chi connectivity index (χ4n) is 2.26. The maximum atomic E-state index is 12.1. The average Bonchev–Trinajstić information content (AvgIpc) is 2.82. The number of amides is 1. The van der Waals surface area contributed by atoms with E-state index in [2.05, 4.69) is 20.3 Å². The zero-order valence-corrected chi connectivity index (χ0v) is 13.7. The molecule has 0 aliphatic carbocycles. The first-order valence-corrected chi connectivity index (χ1v) is 7.45. The summed E-state index contributed by atoms with van der Waals surface area (Å²) in [5, 5.41) is 2.76. The molecule has 1 amide bonds. The van der Waals surface area contributed by atoms with Crippen LogP contribution in [0.1, 0.15) is 26.5 Å². The highest BCUT2D eigenvalue weighted by molar-refractivity contribution is 5.93. The van der Waals surface area contributed by atoms with Crippen molar-refractivity contribution in [2.45, 2.75) is 27.7 Å². The summed E-state index contributed by atoms with van der Waals surface area (Å²) in [6.07, 6.45) is 3.59. The van der Waals surface area contributed by atoms with E-state index in [1.54, 1.807) is 6.20 Å². The Morgan fingerprint density at radius 1 is 1.17 bits per heavy atom. The van der Waals surface area contributed by atoms with E-state index in [0.29, 0.717) is 5.95 Å². The van der Waals surface area contributed by atoms with Crippen molar-refractivity contribution < 1.29 is 4.79 Å². The molecule has 6 nitrogen and oxygen atoms in total. The number of carbonyl (C=O) groups excluding carboxylic acids is 1. The molecule has 0 radical (unpaired) electrons. The Hall–Kier alpha value is -2.76. The van der Waals surface area contributed by atoms with Crippen LogP contribution in [-0.2, 0) is 4.79 Å². The maximum Gasteiger partial charge on any atom is 0.232 e. The monoisotopic (exact) mass is 309 g/mol. The summed E-state index contributed by atoms with van der Waals surface area (Å²) >= 11 is 0. The fourth-order valence-corrected chi connectivity index (χ4v) is 2.26. The molecule has 3 heterocycles. The third-order valence-electron chi connectivity index (χ3n) is 3.51. The van der Waals surface area contributed by atoms with E-state index in [-0.39, 0.29) is 5.91 Å². The Morgan fingerprint density at radius 3 is 2.70 bits per heavy atom. The zero-order chi connectivity index (χ0) is 16.6. The van der Waals surface area contributed by atoms with Crippen molar-refractivity contribution in [3.05, 3.63) is 42.4 Å². The van der Waals surface area contributed by atoms with Crippen LogP contribution >= 0.6 is 0 Å². The number of nitrogens with one attached hydrogen (secondary N) is 1. The van der Waals surface area contributed by atoms with Crippen LogP contribution in [0.25, 0.3) is 17.0 Å². The molecule has 0 saturated heterocycles. The van der Waals surface area contributed by atoms with Crippen molar-refractivity contribution in [1.82, 2.24) is 19.4 Å². The summed E-state index contributed by atoms with van der Waals surface area (Å²) in [4.78, 5) is 25.3. The second-order valence-corrected chi connectivity index (χ2v) is 6.44. The molecule has 0 bridgehead atoms. The van der Waals surface area contributed by atoms with Crippen molar-refractivity contribution in [1.29, 1.82) is 0 Å². The van der Waals surface area contributed by atoms with Crippen molar-refractivity contribution >= 4 is 17.5 Å². The Kier molecular flexibility index (Phi) is 3.60. The van der Waals surface area contributed by atoms with Gasteiger partial charge in [0, 0.05) is 17.8 Å². The largest absolute Gasteiger partial charge is 0.298 e. The molecule has 0 aliphatic rings. The van der Waals surface area contributed by atoms with Gasteiger partial charge >= 0.3 is 0 Å². The normalized spacial score (nSPS) is 11.7. The molecule has 6 heteroatoms. The Balaban J connectivity index is 2.02. The Bertz CT molecular complexity index is 876. The lowest BCUT2D eigenvalue weighted by Crippen LogP contribution is -2.28. The van der Waals surface area contributed by atoms with Gasteiger partial charge in [0.2, 0.25) is 11.9 Å². The van der Waals surface area contributed by atoms with Gasteiger partial charge in [-0.25, -0.2) is 15.0 Å². The van der Waals surface area contributed by atoms with Crippen LogP contribution in [0.2, 0.25) is 0 Å².